The minimum Gasteiger partial charge on any atom is -0.174 e. The van der Waals surface area contributed by atoms with Gasteiger partial charge < -0.3 is 0 Å². The summed E-state index contributed by atoms with van der Waals surface area (Å²) in [4.78, 5) is 0. The van der Waals surface area contributed by atoms with Gasteiger partial charge in [-0.2, -0.15) is 8.78 Å². The van der Waals surface area contributed by atoms with Crippen LogP contribution in [-0.2, 0) is 0 Å². The lowest BCUT2D eigenvalue weighted by molar-refractivity contribution is 0.289. The molecule has 2 rings (SSSR count). The Bertz CT molecular complexity index is 258. The van der Waals surface area contributed by atoms with E-state index in [4.69, 9.17) is 0 Å². The lowest BCUT2D eigenvalue weighted by Crippen LogP contribution is -2.11. The number of allylic oxidation sites excluding steroid dienone is 1. The largest absolute Gasteiger partial charge is 0.266 e. The summed E-state index contributed by atoms with van der Waals surface area (Å²) in [5, 5.41) is 0. The van der Waals surface area contributed by atoms with Crippen molar-refractivity contribution in [3.05, 3.63) is 12.2 Å². The first-order valence-corrected chi connectivity index (χ1v) is 6.06. The fourth-order valence-electron chi connectivity index (χ4n) is 3.57. The Morgan fingerprint density at radius 2 is 1.73 bits per heavy atom. The van der Waals surface area contributed by atoms with E-state index in [2.05, 4.69) is 13.8 Å². The molecule has 2 atom stereocenters. The summed E-state index contributed by atoms with van der Waals surface area (Å²) < 4.78 is 24.5. The van der Waals surface area contributed by atoms with Crippen molar-refractivity contribution in [3.8, 4) is 0 Å². The van der Waals surface area contributed by atoms with Crippen molar-refractivity contribution >= 4 is 0 Å². The van der Waals surface area contributed by atoms with Crippen molar-refractivity contribution in [1.29, 1.82) is 0 Å². The second kappa shape index (κ2) is 3.88. The van der Waals surface area contributed by atoms with Crippen LogP contribution >= 0.6 is 0 Å². The van der Waals surface area contributed by atoms with E-state index >= 15 is 0 Å². The molecule has 0 bridgehead atoms. The third-order valence-electron chi connectivity index (χ3n) is 4.46. The maximum absolute atomic E-state index is 12.3. The molecule has 0 radical (unpaired) electrons. The maximum Gasteiger partial charge on any atom is 0.266 e. The van der Waals surface area contributed by atoms with Crippen molar-refractivity contribution in [2.45, 2.75) is 46.0 Å². The maximum atomic E-state index is 12.3. The summed E-state index contributed by atoms with van der Waals surface area (Å²) in [5.74, 6) is 1.35. The monoisotopic (exact) mass is 214 g/mol. The number of hydrogen-bond acceptors (Lipinski definition) is 0. The van der Waals surface area contributed by atoms with Gasteiger partial charge in [-0.3, -0.25) is 0 Å². The summed E-state index contributed by atoms with van der Waals surface area (Å²) in [5.41, 5.74) is 0.117. The van der Waals surface area contributed by atoms with Gasteiger partial charge in [-0.15, -0.1) is 0 Å². The summed E-state index contributed by atoms with van der Waals surface area (Å²) in [6.45, 7) is 4.27. The molecule has 86 valence electrons. The molecule has 0 amide bonds. The van der Waals surface area contributed by atoms with Crippen LogP contribution in [0.25, 0.3) is 0 Å². The highest BCUT2D eigenvalue weighted by atomic mass is 19.3. The molecule has 2 aliphatic carbocycles. The van der Waals surface area contributed by atoms with Gasteiger partial charge in [-0.25, -0.2) is 0 Å². The summed E-state index contributed by atoms with van der Waals surface area (Å²) >= 11 is 0. The Hall–Kier alpha value is -0.400. The molecule has 2 saturated carbocycles. The van der Waals surface area contributed by atoms with Crippen LogP contribution in [0.3, 0.4) is 0 Å². The van der Waals surface area contributed by atoms with Gasteiger partial charge in [-0.05, 0) is 29.2 Å². The number of rotatable bonds is 2. The van der Waals surface area contributed by atoms with Crippen molar-refractivity contribution in [1.82, 2.24) is 0 Å². The predicted molar refractivity (Wildman–Crippen MR) is 57.6 cm³/mol. The molecule has 0 aromatic rings. The molecule has 2 heteroatoms. The molecule has 0 aliphatic heterocycles. The van der Waals surface area contributed by atoms with Crippen LogP contribution in [0, 0.1) is 23.2 Å². The van der Waals surface area contributed by atoms with Gasteiger partial charge in [0.2, 0.25) is 0 Å². The Balaban J connectivity index is 2.01. The Morgan fingerprint density at radius 3 is 2.27 bits per heavy atom. The zero-order valence-electron chi connectivity index (χ0n) is 9.60. The van der Waals surface area contributed by atoms with Crippen LogP contribution in [-0.4, -0.2) is 0 Å². The average Bonchev–Trinajstić information content (AvgIpc) is 2.68. The zero-order chi connectivity index (χ0) is 11.1. The highest BCUT2D eigenvalue weighted by Crippen LogP contribution is 2.64. The molecule has 15 heavy (non-hydrogen) atoms. The third kappa shape index (κ3) is 2.09. The normalized spacial score (nSPS) is 34.9. The molecular formula is C13H20F2. The standard InChI is InChI=1S/C13H20F2/c1-13(2)10(8-11(14)15)12(13)9-6-4-3-5-7-9/h8-10,12H,3-7H2,1-2H3. The quantitative estimate of drug-likeness (QED) is 0.629. The van der Waals surface area contributed by atoms with E-state index in [0.717, 1.165) is 0 Å². The Labute approximate surface area is 90.7 Å². The number of hydrogen-bond donors (Lipinski definition) is 0. The number of halogens is 2. The summed E-state index contributed by atoms with van der Waals surface area (Å²) in [6, 6.07) is 0. The fourth-order valence-corrected chi connectivity index (χ4v) is 3.57. The first-order valence-electron chi connectivity index (χ1n) is 6.06. The average molecular weight is 214 g/mol. The molecule has 0 aromatic carbocycles. The molecule has 0 nitrogen and oxygen atoms in total. The molecule has 0 N–H and O–H groups in total. The molecule has 0 saturated heterocycles. The Morgan fingerprint density at radius 1 is 1.13 bits per heavy atom. The predicted octanol–water partition coefficient (Wildman–Crippen LogP) is 4.62. The van der Waals surface area contributed by atoms with Gasteiger partial charge in [-0.1, -0.05) is 46.0 Å². The topological polar surface area (TPSA) is 0 Å². The van der Waals surface area contributed by atoms with Gasteiger partial charge >= 0.3 is 0 Å². The van der Waals surface area contributed by atoms with E-state index in [1.807, 2.05) is 0 Å². The van der Waals surface area contributed by atoms with Crippen LogP contribution in [0.1, 0.15) is 46.0 Å². The summed E-state index contributed by atoms with van der Waals surface area (Å²) in [6.07, 6.45) is 6.14. The first kappa shape index (κ1) is 11.1. The van der Waals surface area contributed by atoms with Gasteiger partial charge in [0.05, 0.1) is 0 Å². The highest BCUT2D eigenvalue weighted by Gasteiger charge is 2.59. The molecule has 0 heterocycles. The van der Waals surface area contributed by atoms with Gasteiger partial charge in [0, 0.05) is 0 Å². The van der Waals surface area contributed by atoms with Gasteiger partial charge in [0.15, 0.2) is 0 Å². The van der Waals surface area contributed by atoms with Crippen LogP contribution in [0.4, 0.5) is 8.78 Å². The van der Waals surface area contributed by atoms with Crippen LogP contribution in [0.2, 0.25) is 0 Å². The third-order valence-corrected chi connectivity index (χ3v) is 4.46. The van der Waals surface area contributed by atoms with Crippen LogP contribution < -0.4 is 0 Å². The minimum atomic E-state index is -1.49. The zero-order valence-corrected chi connectivity index (χ0v) is 9.60. The molecule has 2 unspecified atom stereocenters. The van der Waals surface area contributed by atoms with E-state index in [1.54, 1.807) is 0 Å². The molecular weight excluding hydrogens is 194 g/mol. The Kier molecular flexibility index (Phi) is 2.87. The van der Waals surface area contributed by atoms with E-state index in [-0.39, 0.29) is 11.3 Å². The molecule has 2 aliphatic rings. The van der Waals surface area contributed by atoms with E-state index in [0.29, 0.717) is 11.8 Å². The van der Waals surface area contributed by atoms with Gasteiger partial charge in [0.1, 0.15) is 0 Å². The van der Waals surface area contributed by atoms with Crippen molar-refractivity contribution in [2.24, 2.45) is 23.2 Å². The fraction of sp³-hybridized carbons (Fsp3) is 0.846. The molecule has 0 aromatic heterocycles. The minimum absolute atomic E-state index is 0.117. The lowest BCUT2D eigenvalue weighted by atomic mass is 9.83. The SMILES string of the molecule is CC1(C)C(C=C(F)F)C1C1CCCCC1. The summed E-state index contributed by atoms with van der Waals surface area (Å²) in [7, 11) is 0. The van der Waals surface area contributed by atoms with Crippen molar-refractivity contribution < 1.29 is 8.78 Å². The second-order valence-corrected chi connectivity index (χ2v) is 5.73. The second-order valence-electron chi connectivity index (χ2n) is 5.73. The van der Waals surface area contributed by atoms with E-state index in [9.17, 15) is 8.78 Å². The smallest absolute Gasteiger partial charge is 0.174 e. The van der Waals surface area contributed by atoms with Crippen molar-refractivity contribution in [3.63, 3.8) is 0 Å². The molecule has 2 fully saturated rings. The first-order chi connectivity index (χ1) is 7.03. The van der Waals surface area contributed by atoms with E-state index in [1.165, 1.54) is 38.2 Å². The van der Waals surface area contributed by atoms with Gasteiger partial charge in [0.25, 0.3) is 6.08 Å². The lowest BCUT2D eigenvalue weighted by Gasteiger charge is -2.22. The highest BCUT2D eigenvalue weighted by molar-refractivity contribution is 5.16. The van der Waals surface area contributed by atoms with E-state index < -0.39 is 6.08 Å². The molecule has 0 spiro atoms. The van der Waals surface area contributed by atoms with Crippen molar-refractivity contribution in [2.75, 3.05) is 0 Å². The van der Waals surface area contributed by atoms with Crippen LogP contribution in [0.15, 0.2) is 12.2 Å². The van der Waals surface area contributed by atoms with Crippen LogP contribution in [0.5, 0.6) is 0 Å².